The van der Waals surface area contributed by atoms with Gasteiger partial charge in [-0.1, -0.05) is 34.1 Å². The third kappa shape index (κ3) is 5.42. The number of hydrogen-bond acceptors (Lipinski definition) is 5. The van der Waals surface area contributed by atoms with Gasteiger partial charge in [-0.05, 0) is 67.5 Å². The van der Waals surface area contributed by atoms with E-state index >= 15 is 4.39 Å². The lowest BCUT2D eigenvalue weighted by Crippen LogP contribution is -2.49. The van der Waals surface area contributed by atoms with Gasteiger partial charge in [-0.25, -0.2) is 18.4 Å². The van der Waals surface area contributed by atoms with Crippen LogP contribution in [0.15, 0.2) is 57.9 Å². The van der Waals surface area contributed by atoms with E-state index in [0.29, 0.717) is 18.1 Å². The summed E-state index contributed by atoms with van der Waals surface area (Å²) in [4.78, 5) is 42.2. The summed E-state index contributed by atoms with van der Waals surface area (Å²) in [7, 11) is 0. The number of thiophene rings is 1. The monoisotopic (exact) mass is 602 g/mol. The standard InChI is InChI=1S/C28H25BrF2N2O4S/c1-4-37-27(35)26(34)22-24(19-9-7-15(2)23(29)16(19)3)32-28(36)33(12-11-18-6-5-13-38-18)25(22)20-10-8-17(30)14-21(20)31/h5-10,13-14,24H,4,11-12H2,1-3H3,(H,32,36). The first kappa shape index (κ1) is 27.7. The molecule has 2 amide bonds. The van der Waals surface area contributed by atoms with Crippen LogP contribution in [-0.2, 0) is 20.7 Å². The summed E-state index contributed by atoms with van der Waals surface area (Å²) in [6.07, 6.45) is 0.415. The van der Waals surface area contributed by atoms with Crippen molar-refractivity contribution >= 4 is 50.7 Å². The van der Waals surface area contributed by atoms with Gasteiger partial charge in [0.2, 0.25) is 0 Å². The number of nitrogens with one attached hydrogen (secondary N) is 1. The van der Waals surface area contributed by atoms with Crippen molar-refractivity contribution in [3.8, 4) is 0 Å². The largest absolute Gasteiger partial charge is 0.460 e. The van der Waals surface area contributed by atoms with Crippen LogP contribution in [0.3, 0.4) is 0 Å². The van der Waals surface area contributed by atoms with Crippen molar-refractivity contribution in [2.75, 3.05) is 13.2 Å². The second kappa shape index (κ2) is 11.6. The molecule has 4 rings (SSSR count). The molecule has 0 aliphatic carbocycles. The quantitative estimate of drug-likeness (QED) is 0.244. The highest BCUT2D eigenvalue weighted by Gasteiger charge is 2.42. The molecule has 1 aromatic heterocycles. The molecular weight excluding hydrogens is 578 g/mol. The molecule has 0 saturated heterocycles. The summed E-state index contributed by atoms with van der Waals surface area (Å²) in [6.45, 7) is 5.31. The fraction of sp³-hybridized carbons (Fsp3) is 0.250. The van der Waals surface area contributed by atoms with Gasteiger partial charge in [-0.2, -0.15) is 0 Å². The van der Waals surface area contributed by atoms with Crippen molar-refractivity contribution in [3.63, 3.8) is 0 Å². The lowest BCUT2D eigenvalue weighted by molar-refractivity contribution is -0.151. The molecule has 0 bridgehead atoms. The minimum Gasteiger partial charge on any atom is -0.460 e. The number of carbonyl (C=O) groups is 3. The molecule has 0 radical (unpaired) electrons. The van der Waals surface area contributed by atoms with Gasteiger partial charge in [-0.15, -0.1) is 11.3 Å². The van der Waals surface area contributed by atoms with Crippen LogP contribution in [0.5, 0.6) is 0 Å². The Morgan fingerprint density at radius 3 is 2.58 bits per heavy atom. The second-order valence-electron chi connectivity index (χ2n) is 8.71. The summed E-state index contributed by atoms with van der Waals surface area (Å²) in [5.41, 5.74) is 1.78. The highest BCUT2D eigenvalue weighted by molar-refractivity contribution is 9.10. The molecule has 2 heterocycles. The molecule has 2 aromatic carbocycles. The minimum atomic E-state index is -1.13. The number of halogens is 3. The average Bonchev–Trinajstić information content (AvgIpc) is 3.40. The zero-order valence-electron chi connectivity index (χ0n) is 20.9. The maximum Gasteiger partial charge on any atom is 0.379 e. The number of rotatable bonds is 8. The maximum absolute atomic E-state index is 15.3. The number of aryl methyl sites for hydroxylation is 1. The molecule has 6 nitrogen and oxygen atoms in total. The lowest BCUT2D eigenvalue weighted by Gasteiger charge is -2.37. The first-order chi connectivity index (χ1) is 18.1. The summed E-state index contributed by atoms with van der Waals surface area (Å²) >= 11 is 5.04. The zero-order chi connectivity index (χ0) is 27.6. The number of carbonyl (C=O) groups excluding carboxylic acids is 3. The predicted molar refractivity (Wildman–Crippen MR) is 145 cm³/mol. The fourth-order valence-electron chi connectivity index (χ4n) is 4.45. The van der Waals surface area contributed by atoms with Crippen molar-refractivity contribution < 1.29 is 27.9 Å². The molecule has 3 aromatic rings. The summed E-state index contributed by atoms with van der Waals surface area (Å²) in [6, 6.07) is 8.56. The van der Waals surface area contributed by atoms with Crippen LogP contribution in [0.2, 0.25) is 0 Å². The van der Waals surface area contributed by atoms with E-state index in [9.17, 15) is 18.8 Å². The third-order valence-corrected chi connectivity index (χ3v) is 8.47. The Balaban J connectivity index is 2.00. The lowest BCUT2D eigenvalue weighted by atomic mass is 9.86. The highest BCUT2D eigenvalue weighted by atomic mass is 79.9. The average molecular weight is 603 g/mol. The van der Waals surface area contributed by atoms with Crippen molar-refractivity contribution in [2.24, 2.45) is 0 Å². The van der Waals surface area contributed by atoms with E-state index in [0.717, 1.165) is 26.5 Å². The molecule has 38 heavy (non-hydrogen) atoms. The number of amides is 2. The van der Waals surface area contributed by atoms with Gasteiger partial charge >= 0.3 is 12.0 Å². The van der Waals surface area contributed by atoms with Crippen LogP contribution in [0.4, 0.5) is 13.6 Å². The summed E-state index contributed by atoms with van der Waals surface area (Å²) < 4.78 is 35.0. The van der Waals surface area contributed by atoms with Crippen LogP contribution in [0.1, 0.15) is 40.1 Å². The van der Waals surface area contributed by atoms with Crippen LogP contribution in [-0.4, -0.2) is 35.8 Å². The van der Waals surface area contributed by atoms with E-state index < -0.39 is 35.5 Å². The maximum atomic E-state index is 15.3. The van der Waals surface area contributed by atoms with E-state index in [1.165, 1.54) is 22.3 Å². The Hall–Kier alpha value is -3.37. The van der Waals surface area contributed by atoms with Gasteiger partial charge < -0.3 is 10.1 Å². The second-order valence-corrected chi connectivity index (χ2v) is 10.5. The molecule has 0 saturated carbocycles. The fourth-order valence-corrected chi connectivity index (χ4v) is 5.51. The Bertz CT molecular complexity index is 1440. The number of nitrogens with zero attached hydrogens (tertiary/aromatic N) is 1. The Kier molecular flexibility index (Phi) is 8.42. The van der Waals surface area contributed by atoms with Gasteiger partial charge in [-0.3, -0.25) is 9.69 Å². The zero-order valence-corrected chi connectivity index (χ0v) is 23.3. The van der Waals surface area contributed by atoms with E-state index in [-0.39, 0.29) is 30.0 Å². The van der Waals surface area contributed by atoms with Gasteiger partial charge in [0.15, 0.2) is 0 Å². The number of ether oxygens (including phenoxy) is 1. The molecule has 10 heteroatoms. The van der Waals surface area contributed by atoms with Crippen molar-refractivity contribution in [1.29, 1.82) is 0 Å². The topological polar surface area (TPSA) is 75.7 Å². The smallest absolute Gasteiger partial charge is 0.379 e. The van der Waals surface area contributed by atoms with Crippen molar-refractivity contribution in [2.45, 2.75) is 33.2 Å². The normalized spacial score (nSPS) is 15.5. The Morgan fingerprint density at radius 1 is 1.16 bits per heavy atom. The highest BCUT2D eigenvalue weighted by Crippen LogP contribution is 2.40. The van der Waals surface area contributed by atoms with Gasteiger partial charge in [0.1, 0.15) is 11.6 Å². The first-order valence-corrected chi connectivity index (χ1v) is 13.6. The van der Waals surface area contributed by atoms with Crippen LogP contribution in [0, 0.1) is 25.5 Å². The van der Waals surface area contributed by atoms with Gasteiger partial charge in [0, 0.05) is 27.5 Å². The molecular formula is C28H25BrF2N2O4S. The van der Waals surface area contributed by atoms with Crippen molar-refractivity contribution in [1.82, 2.24) is 10.2 Å². The number of urea groups is 1. The molecule has 1 aliphatic heterocycles. The van der Waals surface area contributed by atoms with Crippen LogP contribution < -0.4 is 5.32 Å². The predicted octanol–water partition coefficient (Wildman–Crippen LogP) is 6.26. The molecule has 1 N–H and O–H groups in total. The Morgan fingerprint density at radius 2 is 1.92 bits per heavy atom. The van der Waals surface area contributed by atoms with Crippen molar-refractivity contribution in [3.05, 3.63) is 96.7 Å². The molecule has 0 fully saturated rings. The number of hydrogen-bond donors (Lipinski definition) is 1. The van der Waals surface area contributed by atoms with E-state index in [4.69, 9.17) is 4.74 Å². The third-order valence-electron chi connectivity index (χ3n) is 6.31. The molecule has 0 spiro atoms. The molecule has 1 atom stereocenters. The van der Waals surface area contributed by atoms with E-state index in [1.807, 2.05) is 37.4 Å². The minimum absolute atomic E-state index is 0.0493. The van der Waals surface area contributed by atoms with Gasteiger partial charge in [0.25, 0.3) is 5.78 Å². The molecule has 1 unspecified atom stereocenters. The van der Waals surface area contributed by atoms with E-state index in [2.05, 4.69) is 21.2 Å². The molecule has 1 aliphatic rings. The number of esters is 1. The van der Waals surface area contributed by atoms with Gasteiger partial charge in [0.05, 0.1) is 23.9 Å². The number of Topliss-reactive ketones (excluding diaryl/α,β-unsaturated/α-hetero) is 1. The van der Waals surface area contributed by atoms with Crippen LogP contribution in [0.25, 0.3) is 5.70 Å². The summed E-state index contributed by atoms with van der Waals surface area (Å²) in [5.74, 6) is -3.94. The number of ketones is 1. The Labute approximate surface area is 231 Å². The molecule has 198 valence electrons. The number of benzene rings is 2. The first-order valence-electron chi connectivity index (χ1n) is 11.9. The summed E-state index contributed by atoms with van der Waals surface area (Å²) in [5, 5.41) is 4.74. The van der Waals surface area contributed by atoms with Crippen LogP contribution >= 0.6 is 27.3 Å². The van der Waals surface area contributed by atoms with E-state index in [1.54, 1.807) is 13.0 Å². The SMILES string of the molecule is CCOC(=O)C(=O)C1=C(c2ccc(F)cc2F)N(CCc2cccs2)C(=O)NC1c1ccc(C)c(Br)c1C.